The number of carbonyl (C=O) groups excluding carboxylic acids is 2. The maximum Gasteiger partial charge on any atom is 0.248 e. The average molecular weight is 422 g/mol. The van der Waals surface area contributed by atoms with Crippen LogP contribution in [0.4, 0.5) is 5.69 Å². The summed E-state index contributed by atoms with van der Waals surface area (Å²) in [6.45, 7) is 2.04. The van der Waals surface area contributed by atoms with E-state index in [4.69, 9.17) is 10.8 Å². The number of primary amides is 1. The van der Waals surface area contributed by atoms with Crippen molar-refractivity contribution in [2.24, 2.45) is 5.73 Å². The Morgan fingerprint density at radius 1 is 0.938 bits per heavy atom. The van der Waals surface area contributed by atoms with Gasteiger partial charge in [0.05, 0.1) is 11.4 Å². The molecule has 32 heavy (non-hydrogen) atoms. The highest BCUT2D eigenvalue weighted by atomic mass is 16.1. The van der Waals surface area contributed by atoms with Crippen molar-refractivity contribution in [2.45, 2.75) is 6.92 Å². The van der Waals surface area contributed by atoms with Gasteiger partial charge in [-0.05, 0) is 49.4 Å². The number of carbonyl (C=O) groups is 2. The first-order chi connectivity index (χ1) is 15.5. The zero-order valence-corrected chi connectivity index (χ0v) is 17.5. The molecule has 6 heteroatoms. The molecule has 0 aliphatic rings. The van der Waals surface area contributed by atoms with Gasteiger partial charge in [0.15, 0.2) is 0 Å². The van der Waals surface area contributed by atoms with E-state index < -0.39 is 5.91 Å². The van der Waals surface area contributed by atoms with Gasteiger partial charge in [-0.15, -0.1) is 0 Å². The van der Waals surface area contributed by atoms with E-state index in [-0.39, 0.29) is 5.91 Å². The molecule has 1 heterocycles. The van der Waals surface area contributed by atoms with Crippen LogP contribution in [0.15, 0.2) is 91.1 Å². The van der Waals surface area contributed by atoms with Crippen LogP contribution in [0.3, 0.4) is 0 Å². The Hall–Kier alpha value is -4.45. The number of anilines is 1. The summed E-state index contributed by atoms with van der Waals surface area (Å²) in [6.07, 6.45) is 5.11. The Morgan fingerprint density at radius 2 is 1.62 bits per heavy atom. The summed E-state index contributed by atoms with van der Waals surface area (Å²) in [6, 6.07) is 24.3. The van der Waals surface area contributed by atoms with Crippen LogP contribution in [0.2, 0.25) is 0 Å². The van der Waals surface area contributed by atoms with Crippen LogP contribution in [0.5, 0.6) is 0 Å². The van der Waals surface area contributed by atoms with Crippen LogP contribution in [0.25, 0.3) is 23.0 Å². The molecule has 0 radical (unpaired) electrons. The maximum atomic E-state index is 12.5. The molecule has 4 aromatic rings. The minimum absolute atomic E-state index is 0.292. The summed E-state index contributed by atoms with van der Waals surface area (Å²) < 4.78 is 1.80. The second kappa shape index (κ2) is 9.14. The van der Waals surface area contributed by atoms with Gasteiger partial charge in [-0.25, -0.2) is 4.68 Å². The smallest absolute Gasteiger partial charge is 0.248 e. The zero-order chi connectivity index (χ0) is 22.5. The SMILES string of the molecule is Cc1ccc(-c2nn(-c3ccccc3)cc2/C=C/C(=O)Nc2ccc(C(N)=O)cc2)cc1. The van der Waals surface area contributed by atoms with Gasteiger partial charge in [-0.3, -0.25) is 9.59 Å². The molecule has 0 unspecified atom stereocenters. The Labute approximate surface area is 186 Å². The van der Waals surface area contributed by atoms with E-state index in [1.54, 1.807) is 35.0 Å². The largest absolute Gasteiger partial charge is 0.366 e. The fraction of sp³-hybridized carbons (Fsp3) is 0.0385. The second-order valence-corrected chi connectivity index (χ2v) is 7.34. The Bertz CT molecular complexity index is 1270. The van der Waals surface area contributed by atoms with Crippen LogP contribution in [-0.4, -0.2) is 21.6 Å². The summed E-state index contributed by atoms with van der Waals surface area (Å²) in [7, 11) is 0. The third-order valence-electron chi connectivity index (χ3n) is 4.94. The Morgan fingerprint density at radius 3 is 2.28 bits per heavy atom. The molecule has 0 fully saturated rings. The van der Waals surface area contributed by atoms with E-state index >= 15 is 0 Å². The standard InChI is InChI=1S/C26H22N4O2/c1-18-7-9-19(10-8-18)25-21(17-30(29-25)23-5-3-2-4-6-23)13-16-24(31)28-22-14-11-20(12-15-22)26(27)32/h2-17H,1H3,(H2,27,32)(H,28,31)/b16-13+. The molecule has 6 nitrogen and oxygen atoms in total. The number of rotatable bonds is 6. The summed E-state index contributed by atoms with van der Waals surface area (Å²) in [4.78, 5) is 23.6. The van der Waals surface area contributed by atoms with Crippen molar-refractivity contribution < 1.29 is 9.59 Å². The van der Waals surface area contributed by atoms with Crippen molar-refractivity contribution in [2.75, 3.05) is 5.32 Å². The van der Waals surface area contributed by atoms with Gasteiger partial charge < -0.3 is 11.1 Å². The normalized spacial score (nSPS) is 10.9. The minimum Gasteiger partial charge on any atom is -0.366 e. The number of hydrogen-bond donors (Lipinski definition) is 2. The van der Waals surface area contributed by atoms with Crippen LogP contribution < -0.4 is 11.1 Å². The van der Waals surface area contributed by atoms with E-state index in [9.17, 15) is 9.59 Å². The minimum atomic E-state index is -0.512. The molecule has 0 aliphatic heterocycles. The zero-order valence-electron chi connectivity index (χ0n) is 17.5. The number of hydrogen-bond acceptors (Lipinski definition) is 3. The maximum absolute atomic E-state index is 12.5. The van der Waals surface area contributed by atoms with Gasteiger partial charge in [-0.1, -0.05) is 48.0 Å². The molecule has 0 spiro atoms. The first-order valence-electron chi connectivity index (χ1n) is 10.1. The molecular weight excluding hydrogens is 400 g/mol. The number of para-hydroxylation sites is 1. The summed E-state index contributed by atoms with van der Waals surface area (Å²) in [5, 5.41) is 7.54. The fourth-order valence-corrected chi connectivity index (χ4v) is 3.23. The highest BCUT2D eigenvalue weighted by Crippen LogP contribution is 2.25. The number of nitrogens with one attached hydrogen (secondary N) is 1. The van der Waals surface area contributed by atoms with Crippen LogP contribution in [-0.2, 0) is 4.79 Å². The topological polar surface area (TPSA) is 90.0 Å². The van der Waals surface area contributed by atoms with Gasteiger partial charge in [0.1, 0.15) is 0 Å². The molecule has 4 rings (SSSR count). The number of nitrogens with zero attached hydrogens (tertiary/aromatic N) is 2. The monoisotopic (exact) mass is 422 g/mol. The lowest BCUT2D eigenvalue weighted by Crippen LogP contribution is -2.11. The van der Waals surface area contributed by atoms with Crippen molar-refractivity contribution in [3.63, 3.8) is 0 Å². The Kier molecular flexibility index (Phi) is 5.94. The molecule has 3 aromatic carbocycles. The number of aromatic nitrogens is 2. The van der Waals surface area contributed by atoms with Crippen LogP contribution in [0, 0.1) is 6.92 Å². The lowest BCUT2D eigenvalue weighted by atomic mass is 10.1. The number of aryl methyl sites for hydroxylation is 1. The van der Waals surface area contributed by atoms with Crippen LogP contribution in [0.1, 0.15) is 21.5 Å². The van der Waals surface area contributed by atoms with E-state index in [1.807, 2.05) is 67.7 Å². The van der Waals surface area contributed by atoms with Crippen molar-refractivity contribution in [3.05, 3.63) is 108 Å². The molecule has 3 N–H and O–H groups in total. The molecule has 1 aromatic heterocycles. The summed E-state index contributed by atoms with van der Waals surface area (Å²) >= 11 is 0. The lowest BCUT2D eigenvalue weighted by molar-refractivity contribution is -0.111. The van der Waals surface area contributed by atoms with Crippen molar-refractivity contribution >= 4 is 23.6 Å². The number of nitrogens with two attached hydrogens (primary N) is 1. The summed E-state index contributed by atoms with van der Waals surface area (Å²) in [5.74, 6) is -0.805. The second-order valence-electron chi connectivity index (χ2n) is 7.34. The molecular formula is C26H22N4O2. The van der Waals surface area contributed by atoms with E-state index in [0.29, 0.717) is 11.3 Å². The highest BCUT2D eigenvalue weighted by Gasteiger charge is 2.11. The third kappa shape index (κ3) is 4.82. The first-order valence-corrected chi connectivity index (χ1v) is 10.1. The fourth-order valence-electron chi connectivity index (χ4n) is 3.23. The highest BCUT2D eigenvalue weighted by molar-refractivity contribution is 6.02. The van der Waals surface area contributed by atoms with Gasteiger partial charge >= 0.3 is 0 Å². The van der Waals surface area contributed by atoms with Gasteiger partial charge in [0.2, 0.25) is 11.8 Å². The molecule has 0 atom stereocenters. The lowest BCUT2D eigenvalue weighted by Gasteiger charge is -2.03. The summed E-state index contributed by atoms with van der Waals surface area (Å²) in [5.41, 5.74) is 10.9. The Balaban J connectivity index is 1.60. The third-order valence-corrected chi connectivity index (χ3v) is 4.94. The van der Waals surface area contributed by atoms with Crippen LogP contribution >= 0.6 is 0 Å². The van der Waals surface area contributed by atoms with E-state index in [0.717, 1.165) is 28.1 Å². The van der Waals surface area contributed by atoms with Gasteiger partial charge in [-0.2, -0.15) is 5.10 Å². The molecule has 0 saturated heterocycles. The quantitative estimate of drug-likeness (QED) is 0.445. The molecule has 158 valence electrons. The van der Waals surface area contributed by atoms with Gasteiger partial charge in [0, 0.05) is 34.7 Å². The average Bonchev–Trinajstić information content (AvgIpc) is 3.23. The van der Waals surface area contributed by atoms with Crippen molar-refractivity contribution in [3.8, 4) is 16.9 Å². The predicted octanol–water partition coefficient (Wildman–Crippen LogP) is 4.60. The predicted molar refractivity (Wildman–Crippen MR) is 126 cm³/mol. The number of amides is 2. The molecule has 0 bridgehead atoms. The molecule has 0 saturated carbocycles. The van der Waals surface area contributed by atoms with Crippen molar-refractivity contribution in [1.82, 2.24) is 9.78 Å². The first kappa shape index (κ1) is 20.8. The number of benzene rings is 3. The van der Waals surface area contributed by atoms with Gasteiger partial charge in [0.25, 0.3) is 0 Å². The van der Waals surface area contributed by atoms with Crippen molar-refractivity contribution in [1.29, 1.82) is 0 Å². The van der Waals surface area contributed by atoms with E-state index in [1.165, 1.54) is 6.08 Å². The molecule has 2 amide bonds. The van der Waals surface area contributed by atoms with E-state index in [2.05, 4.69) is 5.32 Å². The molecule has 0 aliphatic carbocycles.